The van der Waals surface area contributed by atoms with Crippen LogP contribution >= 0.6 is 0 Å². The smallest absolute Gasteiger partial charge is 0.256 e. The van der Waals surface area contributed by atoms with Gasteiger partial charge in [-0.2, -0.15) is 0 Å². The molecule has 0 spiro atoms. The number of benzene rings is 1. The summed E-state index contributed by atoms with van der Waals surface area (Å²) in [4.78, 5) is 13.9. The van der Waals surface area contributed by atoms with E-state index in [1.54, 1.807) is 24.1 Å². The minimum atomic E-state index is -0.123. The first-order chi connectivity index (χ1) is 8.97. The van der Waals surface area contributed by atoms with Crippen molar-refractivity contribution in [2.75, 3.05) is 12.8 Å². The molecule has 0 aliphatic heterocycles. The second kappa shape index (κ2) is 5.14. The number of hydrogen-bond donors (Lipinski definition) is 1. The number of carbonyl (C=O) groups excluding carboxylic acids is 1. The van der Waals surface area contributed by atoms with E-state index in [0.717, 1.165) is 17.0 Å². The van der Waals surface area contributed by atoms with Gasteiger partial charge in [-0.05, 0) is 26.0 Å². The van der Waals surface area contributed by atoms with Crippen molar-refractivity contribution in [1.29, 1.82) is 0 Å². The molecule has 0 fully saturated rings. The Labute approximate surface area is 112 Å². The fraction of sp³-hybridized carbons (Fsp3) is 0.286. The highest BCUT2D eigenvalue weighted by Gasteiger charge is 2.16. The highest BCUT2D eigenvalue weighted by molar-refractivity contribution is 5.99. The van der Waals surface area contributed by atoms with Gasteiger partial charge in [-0.1, -0.05) is 16.8 Å². The number of carbonyl (C=O) groups is 1. The summed E-state index contributed by atoms with van der Waals surface area (Å²) in [6.07, 6.45) is 0. The summed E-state index contributed by atoms with van der Waals surface area (Å²) in [5.74, 6) is 0.604. The molecule has 0 bridgehead atoms. The van der Waals surface area contributed by atoms with Gasteiger partial charge in [0, 0.05) is 18.8 Å². The molecule has 0 radical (unpaired) electrons. The van der Waals surface area contributed by atoms with E-state index in [1.807, 2.05) is 26.0 Å². The lowest BCUT2D eigenvalue weighted by Crippen LogP contribution is -2.27. The van der Waals surface area contributed by atoms with Crippen molar-refractivity contribution >= 4 is 11.6 Å². The van der Waals surface area contributed by atoms with Crippen molar-refractivity contribution < 1.29 is 9.32 Å². The zero-order valence-electron chi connectivity index (χ0n) is 11.3. The third kappa shape index (κ3) is 2.93. The van der Waals surface area contributed by atoms with Crippen molar-refractivity contribution in [3.05, 3.63) is 46.8 Å². The molecule has 2 rings (SSSR count). The van der Waals surface area contributed by atoms with E-state index in [0.29, 0.717) is 17.8 Å². The van der Waals surface area contributed by atoms with Crippen LogP contribution in [0.4, 0.5) is 5.69 Å². The topological polar surface area (TPSA) is 72.4 Å². The number of aromatic nitrogens is 1. The highest BCUT2D eigenvalue weighted by Crippen LogP contribution is 2.16. The number of hydrogen-bond acceptors (Lipinski definition) is 4. The molecule has 100 valence electrons. The molecule has 0 saturated carbocycles. The molecule has 5 heteroatoms. The van der Waals surface area contributed by atoms with E-state index < -0.39 is 0 Å². The lowest BCUT2D eigenvalue weighted by atomic mass is 10.1. The third-order valence-corrected chi connectivity index (χ3v) is 2.86. The number of amides is 1. The van der Waals surface area contributed by atoms with Crippen LogP contribution < -0.4 is 5.73 Å². The maximum absolute atomic E-state index is 12.3. The van der Waals surface area contributed by atoms with Gasteiger partial charge in [0.1, 0.15) is 11.5 Å². The maximum Gasteiger partial charge on any atom is 0.256 e. The predicted molar refractivity (Wildman–Crippen MR) is 72.6 cm³/mol. The van der Waals surface area contributed by atoms with Crippen LogP contribution in [-0.2, 0) is 6.54 Å². The van der Waals surface area contributed by atoms with Gasteiger partial charge in [0.15, 0.2) is 0 Å². The first-order valence-electron chi connectivity index (χ1n) is 6.01. The molecule has 5 nitrogen and oxygen atoms in total. The van der Waals surface area contributed by atoms with Crippen LogP contribution in [0.3, 0.4) is 0 Å². The Morgan fingerprint density at radius 1 is 1.37 bits per heavy atom. The zero-order valence-corrected chi connectivity index (χ0v) is 11.3. The number of rotatable bonds is 3. The normalized spacial score (nSPS) is 10.5. The Kier molecular flexibility index (Phi) is 3.55. The summed E-state index contributed by atoms with van der Waals surface area (Å²) < 4.78 is 4.98. The van der Waals surface area contributed by atoms with Crippen LogP contribution in [0.15, 0.2) is 28.8 Å². The molecule has 0 saturated heterocycles. The minimum Gasteiger partial charge on any atom is -0.398 e. The Hall–Kier alpha value is -2.30. The lowest BCUT2D eigenvalue weighted by molar-refractivity contribution is 0.0783. The quantitative estimate of drug-likeness (QED) is 0.857. The summed E-state index contributed by atoms with van der Waals surface area (Å²) in [6, 6.07) is 7.23. The van der Waals surface area contributed by atoms with Crippen LogP contribution in [0.2, 0.25) is 0 Å². The third-order valence-electron chi connectivity index (χ3n) is 2.86. The molecule has 2 N–H and O–H groups in total. The molecule has 0 unspecified atom stereocenters. The molecule has 1 aromatic heterocycles. The Bertz CT molecular complexity index is 604. The molecule has 0 atom stereocenters. The summed E-state index contributed by atoms with van der Waals surface area (Å²) in [6.45, 7) is 4.14. The van der Waals surface area contributed by atoms with Crippen LogP contribution in [0.1, 0.15) is 27.4 Å². The summed E-state index contributed by atoms with van der Waals surface area (Å²) in [7, 11) is 1.72. The Morgan fingerprint density at radius 2 is 2.11 bits per heavy atom. The van der Waals surface area contributed by atoms with E-state index in [1.165, 1.54) is 0 Å². The molecule has 1 aromatic carbocycles. The predicted octanol–water partition coefficient (Wildman–Crippen LogP) is 2.15. The van der Waals surface area contributed by atoms with Gasteiger partial charge in [0.25, 0.3) is 5.91 Å². The van der Waals surface area contributed by atoms with Crippen LogP contribution in [0.25, 0.3) is 0 Å². The number of nitrogen functional groups attached to an aromatic ring is 1. The van der Waals surface area contributed by atoms with Crippen molar-refractivity contribution in [1.82, 2.24) is 10.1 Å². The lowest BCUT2D eigenvalue weighted by Gasteiger charge is -2.17. The fourth-order valence-electron chi connectivity index (χ4n) is 1.87. The van der Waals surface area contributed by atoms with Gasteiger partial charge in [0.05, 0.1) is 12.1 Å². The van der Waals surface area contributed by atoms with Crippen LogP contribution in [0, 0.1) is 13.8 Å². The van der Waals surface area contributed by atoms with E-state index in [4.69, 9.17) is 10.3 Å². The Morgan fingerprint density at radius 3 is 2.74 bits per heavy atom. The fourth-order valence-corrected chi connectivity index (χ4v) is 1.87. The SMILES string of the molecule is Cc1ccc(N)c(C(=O)N(C)Cc2cc(C)on2)c1. The summed E-state index contributed by atoms with van der Waals surface area (Å²) in [5.41, 5.74) is 8.57. The second-order valence-electron chi connectivity index (χ2n) is 4.68. The van der Waals surface area contributed by atoms with Gasteiger partial charge in [-0.15, -0.1) is 0 Å². The summed E-state index contributed by atoms with van der Waals surface area (Å²) >= 11 is 0. The number of nitrogens with two attached hydrogens (primary N) is 1. The largest absolute Gasteiger partial charge is 0.398 e. The first-order valence-corrected chi connectivity index (χ1v) is 6.01. The first kappa shape index (κ1) is 13.1. The Balaban J connectivity index is 2.16. The van der Waals surface area contributed by atoms with Crippen molar-refractivity contribution in [3.8, 4) is 0 Å². The molecule has 19 heavy (non-hydrogen) atoms. The number of anilines is 1. The van der Waals surface area contributed by atoms with Crippen LogP contribution in [0.5, 0.6) is 0 Å². The van der Waals surface area contributed by atoms with E-state index in [2.05, 4.69) is 5.16 Å². The molecule has 1 amide bonds. The van der Waals surface area contributed by atoms with Crippen LogP contribution in [-0.4, -0.2) is 23.0 Å². The molecule has 2 aromatic rings. The molecular weight excluding hydrogens is 242 g/mol. The van der Waals surface area contributed by atoms with Gasteiger partial charge in [0.2, 0.25) is 0 Å². The standard InChI is InChI=1S/C14H17N3O2/c1-9-4-5-13(15)12(6-9)14(18)17(3)8-11-7-10(2)19-16-11/h4-7H,8,15H2,1-3H3. The van der Waals surface area contributed by atoms with Gasteiger partial charge in [-0.25, -0.2) is 0 Å². The molecule has 0 aliphatic rings. The van der Waals surface area contributed by atoms with E-state index in [-0.39, 0.29) is 5.91 Å². The molecule has 1 heterocycles. The van der Waals surface area contributed by atoms with E-state index >= 15 is 0 Å². The van der Waals surface area contributed by atoms with Gasteiger partial charge < -0.3 is 15.2 Å². The van der Waals surface area contributed by atoms with Gasteiger partial charge in [-0.3, -0.25) is 4.79 Å². The average molecular weight is 259 g/mol. The highest BCUT2D eigenvalue weighted by atomic mass is 16.5. The van der Waals surface area contributed by atoms with Crippen molar-refractivity contribution in [2.45, 2.75) is 20.4 Å². The van der Waals surface area contributed by atoms with Gasteiger partial charge >= 0.3 is 0 Å². The number of nitrogens with zero attached hydrogens (tertiary/aromatic N) is 2. The van der Waals surface area contributed by atoms with Crippen molar-refractivity contribution in [2.24, 2.45) is 0 Å². The zero-order chi connectivity index (χ0) is 14.0. The van der Waals surface area contributed by atoms with Crippen molar-refractivity contribution in [3.63, 3.8) is 0 Å². The second-order valence-corrected chi connectivity index (χ2v) is 4.68. The number of aryl methyl sites for hydroxylation is 2. The average Bonchev–Trinajstić information content (AvgIpc) is 2.77. The molecular formula is C14H17N3O2. The monoisotopic (exact) mass is 259 g/mol. The maximum atomic E-state index is 12.3. The summed E-state index contributed by atoms with van der Waals surface area (Å²) in [5, 5.41) is 3.87. The van der Waals surface area contributed by atoms with E-state index in [9.17, 15) is 4.79 Å². The molecule has 0 aliphatic carbocycles. The minimum absolute atomic E-state index is 0.123.